The van der Waals surface area contributed by atoms with Gasteiger partial charge in [-0.1, -0.05) is 26.0 Å². The first-order valence-electron chi connectivity index (χ1n) is 14.0. The minimum absolute atomic E-state index is 0.0834. The van der Waals surface area contributed by atoms with Crippen LogP contribution >= 0.6 is 0 Å². The zero-order valence-corrected chi connectivity index (χ0v) is 25.6. The predicted molar refractivity (Wildman–Crippen MR) is 151 cm³/mol. The number of hydrogen-bond acceptors (Lipinski definition) is 6. The molecule has 0 saturated carbocycles. The van der Waals surface area contributed by atoms with Crippen molar-refractivity contribution in [1.82, 2.24) is 4.98 Å². The molecule has 1 aromatic carbocycles. The first-order valence-corrected chi connectivity index (χ1v) is 15.5. The molecule has 6 nitrogen and oxygen atoms in total. The highest BCUT2D eigenvalue weighted by atomic mass is 32.2. The van der Waals surface area contributed by atoms with E-state index >= 15 is 0 Å². The lowest BCUT2D eigenvalue weighted by atomic mass is 9.70. The minimum Gasteiger partial charge on any atom is -0.464 e. The van der Waals surface area contributed by atoms with Crippen molar-refractivity contribution >= 4 is 17.1 Å². The molecule has 0 bridgehead atoms. The van der Waals surface area contributed by atoms with Gasteiger partial charge in [0.15, 0.2) is 10.4 Å². The maximum absolute atomic E-state index is 13.4. The van der Waals surface area contributed by atoms with E-state index in [0.717, 1.165) is 35.4 Å². The van der Waals surface area contributed by atoms with Gasteiger partial charge in [0.05, 0.1) is 18.3 Å². The number of nitrogens with zero attached hydrogens (tertiary/aromatic N) is 1. The number of carbonyl (C=O) groups excluding carboxylic acids is 1. The van der Waals surface area contributed by atoms with E-state index in [0.29, 0.717) is 43.6 Å². The normalized spacial score (nSPS) is 24.0. The largest absolute Gasteiger partial charge is 0.464 e. The molecule has 2 aliphatic heterocycles. The van der Waals surface area contributed by atoms with Crippen molar-refractivity contribution in [3.05, 3.63) is 63.5 Å². The maximum Gasteiger partial charge on any atom is 0.416 e. The van der Waals surface area contributed by atoms with Crippen LogP contribution in [0.25, 0.3) is 0 Å². The standard InChI is InChI=1S/C31H39F3NO5S/c1-28(2,3)41(7)40-21-17-29(4,5)16-20-22(21)24-23(25(35-20)27(36)37-6)26(39-30(24)12-14-38-15-13-30)18-8-10-19(11-9-18)31(32,33)34/h8-11,21,26H,12-17H2,1-7H3/q+1/t21-,26+,41?/m0/s1. The molecule has 1 aromatic heterocycles. The van der Waals surface area contributed by atoms with Crippen molar-refractivity contribution < 1.29 is 36.4 Å². The number of rotatable bonds is 4. The second kappa shape index (κ2) is 10.5. The number of ether oxygens (including phenoxy) is 3. The number of carbonyl (C=O) groups is 1. The molecule has 224 valence electrons. The highest BCUT2D eigenvalue weighted by molar-refractivity contribution is 7.93. The molecular weight excluding hydrogens is 555 g/mol. The number of esters is 1. The SMILES string of the molecule is COC(=O)c1nc2c(c3c1[C@@H](c1ccc(C(F)(F)F)cc1)OC31CCOCC1)[C@@H](O[S+](C)C(C)(C)C)CC(C)(C)C2. The Balaban J connectivity index is 1.77. The Morgan fingerprint density at radius 1 is 1.07 bits per heavy atom. The van der Waals surface area contributed by atoms with Crippen molar-refractivity contribution in [2.45, 2.75) is 89.0 Å². The van der Waals surface area contributed by atoms with E-state index in [4.69, 9.17) is 23.4 Å². The average molecular weight is 595 g/mol. The molecule has 1 fully saturated rings. The fraction of sp³-hybridized carbons (Fsp3) is 0.613. The van der Waals surface area contributed by atoms with Gasteiger partial charge in [0, 0.05) is 48.4 Å². The van der Waals surface area contributed by atoms with Crippen molar-refractivity contribution in [1.29, 1.82) is 0 Å². The van der Waals surface area contributed by atoms with Crippen LogP contribution in [0.3, 0.4) is 0 Å². The van der Waals surface area contributed by atoms with E-state index in [-0.39, 0.29) is 22.0 Å². The number of alkyl halides is 3. The number of hydrogen-bond donors (Lipinski definition) is 0. The predicted octanol–water partition coefficient (Wildman–Crippen LogP) is 7.00. The van der Waals surface area contributed by atoms with Crippen LogP contribution in [0.1, 0.15) is 110 Å². The number of pyridine rings is 1. The third-order valence-corrected chi connectivity index (χ3v) is 10.7. The van der Waals surface area contributed by atoms with E-state index in [2.05, 4.69) is 40.9 Å². The Bertz CT molecular complexity index is 1310. The third-order valence-electron chi connectivity index (χ3n) is 8.46. The fourth-order valence-electron chi connectivity index (χ4n) is 6.17. The van der Waals surface area contributed by atoms with Gasteiger partial charge in [0.25, 0.3) is 0 Å². The van der Waals surface area contributed by atoms with Crippen LogP contribution in [0, 0.1) is 5.41 Å². The van der Waals surface area contributed by atoms with Gasteiger partial charge in [-0.05, 0) is 56.7 Å². The fourth-order valence-corrected chi connectivity index (χ4v) is 6.97. The molecule has 41 heavy (non-hydrogen) atoms. The van der Waals surface area contributed by atoms with Crippen LogP contribution < -0.4 is 0 Å². The van der Waals surface area contributed by atoms with Crippen LogP contribution in [0.2, 0.25) is 0 Å². The zero-order chi connectivity index (χ0) is 30.0. The summed E-state index contributed by atoms with van der Waals surface area (Å²) in [5.74, 6) is -0.598. The molecule has 0 N–H and O–H groups in total. The quantitative estimate of drug-likeness (QED) is 0.281. The summed E-state index contributed by atoms with van der Waals surface area (Å²) >= 11 is -0.401. The topological polar surface area (TPSA) is 66.9 Å². The summed E-state index contributed by atoms with van der Waals surface area (Å²) in [5, 5.41) is 0. The first-order chi connectivity index (χ1) is 19.1. The van der Waals surface area contributed by atoms with Crippen molar-refractivity contribution in [3.63, 3.8) is 0 Å². The smallest absolute Gasteiger partial charge is 0.416 e. The van der Waals surface area contributed by atoms with Gasteiger partial charge >= 0.3 is 12.1 Å². The Kier molecular flexibility index (Phi) is 7.79. The summed E-state index contributed by atoms with van der Waals surface area (Å²) in [7, 11) is 1.31. The van der Waals surface area contributed by atoms with E-state index in [1.807, 2.05) is 0 Å². The lowest BCUT2D eigenvalue weighted by Gasteiger charge is -2.40. The summed E-state index contributed by atoms with van der Waals surface area (Å²) in [5.41, 5.74) is 2.18. The van der Waals surface area contributed by atoms with Gasteiger partial charge < -0.3 is 14.2 Å². The molecule has 3 aliphatic rings. The molecular formula is C31H39F3NO5S+. The Hall–Kier alpha value is -2.14. The molecule has 0 radical (unpaired) electrons. The van der Waals surface area contributed by atoms with Gasteiger partial charge in [-0.3, -0.25) is 0 Å². The van der Waals surface area contributed by atoms with Crippen molar-refractivity contribution in [3.8, 4) is 0 Å². The molecule has 3 atom stereocenters. The molecule has 1 unspecified atom stereocenters. The van der Waals surface area contributed by atoms with Crippen molar-refractivity contribution in [2.24, 2.45) is 5.41 Å². The summed E-state index contributed by atoms with van der Waals surface area (Å²) < 4.78 is 64.8. The Labute approximate surface area is 242 Å². The Morgan fingerprint density at radius 3 is 2.27 bits per heavy atom. The highest BCUT2D eigenvalue weighted by Gasteiger charge is 2.54. The summed E-state index contributed by atoms with van der Waals surface area (Å²) in [6.07, 6.45) is -0.957. The number of benzene rings is 1. The van der Waals surface area contributed by atoms with Gasteiger partial charge in [-0.15, -0.1) is 0 Å². The third kappa shape index (κ3) is 5.65. The highest BCUT2D eigenvalue weighted by Crippen LogP contribution is 2.58. The molecule has 1 spiro atoms. The molecule has 10 heteroatoms. The van der Waals surface area contributed by atoms with E-state index < -0.39 is 40.6 Å². The summed E-state index contributed by atoms with van der Waals surface area (Å²) in [6.45, 7) is 11.7. The number of fused-ring (bicyclic) bond motifs is 4. The minimum atomic E-state index is -4.46. The summed E-state index contributed by atoms with van der Waals surface area (Å²) in [6, 6.07) is 4.96. The van der Waals surface area contributed by atoms with Gasteiger partial charge in [0.1, 0.15) is 29.6 Å². The van der Waals surface area contributed by atoms with E-state index in [1.54, 1.807) is 0 Å². The molecule has 1 saturated heterocycles. The summed E-state index contributed by atoms with van der Waals surface area (Å²) in [4.78, 5) is 18.2. The molecule has 0 amide bonds. The second-order valence-corrected chi connectivity index (χ2v) is 15.3. The van der Waals surface area contributed by atoms with Gasteiger partial charge in [-0.25, -0.2) is 9.78 Å². The lowest BCUT2D eigenvalue weighted by molar-refractivity contribution is -0.137. The van der Waals surface area contributed by atoms with Crippen LogP contribution in [-0.2, 0) is 47.8 Å². The molecule has 2 aromatic rings. The van der Waals surface area contributed by atoms with Crippen LogP contribution in [0.4, 0.5) is 13.2 Å². The van der Waals surface area contributed by atoms with Crippen molar-refractivity contribution in [2.75, 3.05) is 26.6 Å². The lowest BCUT2D eigenvalue weighted by Crippen LogP contribution is -2.39. The van der Waals surface area contributed by atoms with Crippen LogP contribution in [-0.4, -0.2) is 42.3 Å². The van der Waals surface area contributed by atoms with Gasteiger partial charge in [-0.2, -0.15) is 17.4 Å². The van der Waals surface area contributed by atoms with Crippen LogP contribution in [0.15, 0.2) is 24.3 Å². The van der Waals surface area contributed by atoms with E-state index in [1.165, 1.54) is 19.2 Å². The monoisotopic (exact) mass is 594 g/mol. The average Bonchev–Trinajstić information content (AvgIpc) is 3.20. The molecule has 1 aliphatic carbocycles. The van der Waals surface area contributed by atoms with Gasteiger partial charge in [0.2, 0.25) is 0 Å². The first kappa shape index (κ1) is 30.3. The number of methoxy groups -OCH3 is 1. The van der Waals surface area contributed by atoms with Crippen LogP contribution in [0.5, 0.6) is 0 Å². The molecule has 5 rings (SSSR count). The maximum atomic E-state index is 13.4. The number of aromatic nitrogens is 1. The zero-order valence-electron chi connectivity index (χ0n) is 24.7. The van der Waals surface area contributed by atoms with E-state index in [9.17, 15) is 18.0 Å². The Morgan fingerprint density at radius 2 is 1.71 bits per heavy atom. The number of halogens is 3. The second-order valence-electron chi connectivity index (χ2n) is 13.0. The molecule has 3 heterocycles.